The molecule has 1 atom stereocenters. The molecular weight excluding hydrogens is 374 g/mol. The smallest absolute Gasteiger partial charge is 0.255 e. The molecule has 3 aromatic rings. The van der Waals surface area contributed by atoms with Gasteiger partial charge >= 0.3 is 0 Å². The molecule has 146 valence electrons. The van der Waals surface area contributed by atoms with Gasteiger partial charge in [0.05, 0.1) is 28.6 Å². The molecule has 1 aliphatic heterocycles. The number of hydrogen-bond donors (Lipinski definition) is 0. The van der Waals surface area contributed by atoms with Crippen LogP contribution < -0.4 is 4.90 Å². The SMILES string of the molecule is Cc1cc(-c2cnc(N(C)C)nc2C2CCCN2C(=O)c2csc(C)c2)on1. The van der Waals surface area contributed by atoms with Crippen LogP contribution in [0.25, 0.3) is 11.3 Å². The molecule has 3 aromatic heterocycles. The number of nitrogens with zero attached hydrogens (tertiary/aromatic N) is 5. The topological polar surface area (TPSA) is 75.4 Å². The molecule has 1 saturated heterocycles. The summed E-state index contributed by atoms with van der Waals surface area (Å²) < 4.78 is 5.49. The number of aryl methyl sites for hydroxylation is 2. The Hall–Kier alpha value is -2.74. The lowest BCUT2D eigenvalue weighted by molar-refractivity contribution is 0.0733. The fourth-order valence-corrected chi connectivity index (χ4v) is 4.23. The zero-order valence-electron chi connectivity index (χ0n) is 16.5. The Morgan fingerprint density at radius 1 is 1.32 bits per heavy atom. The lowest BCUT2D eigenvalue weighted by atomic mass is 10.0. The van der Waals surface area contributed by atoms with E-state index >= 15 is 0 Å². The highest BCUT2D eigenvalue weighted by Gasteiger charge is 2.34. The van der Waals surface area contributed by atoms with Gasteiger partial charge in [0.15, 0.2) is 5.76 Å². The van der Waals surface area contributed by atoms with E-state index in [0.29, 0.717) is 18.3 Å². The molecule has 0 spiro atoms. The molecule has 0 aliphatic carbocycles. The molecule has 4 rings (SSSR count). The molecule has 1 aliphatic rings. The molecule has 1 unspecified atom stereocenters. The van der Waals surface area contributed by atoms with Crippen LogP contribution in [0.2, 0.25) is 0 Å². The predicted molar refractivity (Wildman–Crippen MR) is 109 cm³/mol. The van der Waals surface area contributed by atoms with E-state index in [1.54, 1.807) is 17.5 Å². The van der Waals surface area contributed by atoms with Crippen molar-refractivity contribution >= 4 is 23.2 Å². The zero-order chi connectivity index (χ0) is 19.8. The molecule has 0 saturated carbocycles. The van der Waals surface area contributed by atoms with Crippen LogP contribution in [0, 0.1) is 13.8 Å². The highest BCUT2D eigenvalue weighted by Crippen LogP contribution is 2.38. The first-order chi connectivity index (χ1) is 13.4. The van der Waals surface area contributed by atoms with E-state index in [-0.39, 0.29) is 11.9 Å². The summed E-state index contributed by atoms with van der Waals surface area (Å²) in [6.07, 6.45) is 3.57. The minimum atomic E-state index is -0.116. The van der Waals surface area contributed by atoms with Gasteiger partial charge in [-0.3, -0.25) is 4.79 Å². The third-order valence-corrected chi connectivity index (χ3v) is 5.77. The predicted octanol–water partition coefficient (Wildman–Crippen LogP) is 3.85. The summed E-state index contributed by atoms with van der Waals surface area (Å²) in [5.41, 5.74) is 3.14. The Labute approximate surface area is 168 Å². The molecule has 1 fully saturated rings. The third-order valence-electron chi connectivity index (χ3n) is 4.91. The summed E-state index contributed by atoms with van der Waals surface area (Å²) >= 11 is 1.59. The summed E-state index contributed by atoms with van der Waals surface area (Å²) in [5, 5.41) is 5.93. The number of amides is 1. The van der Waals surface area contributed by atoms with Crippen LogP contribution in [0.3, 0.4) is 0 Å². The van der Waals surface area contributed by atoms with Gasteiger partial charge in [-0.25, -0.2) is 9.97 Å². The first-order valence-electron chi connectivity index (χ1n) is 9.28. The third kappa shape index (κ3) is 3.40. The van der Waals surface area contributed by atoms with Gasteiger partial charge in [0.1, 0.15) is 0 Å². The number of aromatic nitrogens is 3. The molecule has 0 radical (unpaired) electrons. The molecule has 1 amide bonds. The highest BCUT2D eigenvalue weighted by atomic mass is 32.1. The summed E-state index contributed by atoms with van der Waals surface area (Å²) in [6.45, 7) is 4.61. The minimum absolute atomic E-state index is 0.0524. The Bertz CT molecular complexity index is 1010. The van der Waals surface area contributed by atoms with Crippen LogP contribution in [0.15, 0.2) is 28.2 Å². The van der Waals surface area contributed by atoms with Crippen LogP contribution >= 0.6 is 11.3 Å². The van der Waals surface area contributed by atoms with Crippen molar-refractivity contribution in [2.45, 2.75) is 32.7 Å². The number of carbonyl (C=O) groups is 1. The summed E-state index contributed by atoms with van der Waals surface area (Å²) in [6, 6.07) is 3.71. The van der Waals surface area contributed by atoms with Crippen molar-refractivity contribution in [2.24, 2.45) is 0 Å². The van der Waals surface area contributed by atoms with Crippen LogP contribution in [0.1, 0.15) is 45.5 Å². The standard InChI is InChI=1S/C20H23N5O2S/c1-12-8-17(27-23-12)15-10-21-20(24(3)4)22-18(15)16-6-5-7-25(16)19(26)14-9-13(2)28-11-14/h8-11,16H,5-7H2,1-4H3. The first kappa shape index (κ1) is 18.6. The van der Waals surface area contributed by atoms with E-state index in [4.69, 9.17) is 9.51 Å². The molecule has 0 bridgehead atoms. The average Bonchev–Trinajstić information content (AvgIpc) is 3.41. The molecule has 7 nitrogen and oxygen atoms in total. The number of rotatable bonds is 4. The van der Waals surface area contributed by atoms with Gasteiger partial charge < -0.3 is 14.3 Å². The van der Waals surface area contributed by atoms with E-state index in [0.717, 1.165) is 40.2 Å². The Morgan fingerprint density at radius 3 is 2.79 bits per heavy atom. The Balaban J connectivity index is 1.77. The van der Waals surface area contributed by atoms with E-state index in [1.807, 2.05) is 55.3 Å². The molecule has 0 aromatic carbocycles. The van der Waals surface area contributed by atoms with Crippen LogP contribution in [0.5, 0.6) is 0 Å². The van der Waals surface area contributed by atoms with Gasteiger partial charge in [0.2, 0.25) is 5.95 Å². The lowest BCUT2D eigenvalue weighted by Crippen LogP contribution is -2.31. The second-order valence-electron chi connectivity index (χ2n) is 7.30. The Morgan fingerprint density at radius 2 is 2.14 bits per heavy atom. The maximum Gasteiger partial charge on any atom is 0.255 e. The number of likely N-dealkylation sites (tertiary alicyclic amines) is 1. The highest BCUT2D eigenvalue weighted by molar-refractivity contribution is 7.10. The van der Waals surface area contributed by atoms with E-state index < -0.39 is 0 Å². The van der Waals surface area contributed by atoms with Gasteiger partial charge in [-0.15, -0.1) is 11.3 Å². The molecule has 28 heavy (non-hydrogen) atoms. The van der Waals surface area contributed by atoms with Crippen molar-refractivity contribution in [3.8, 4) is 11.3 Å². The number of hydrogen-bond acceptors (Lipinski definition) is 7. The average molecular weight is 398 g/mol. The van der Waals surface area contributed by atoms with Crippen molar-refractivity contribution in [1.29, 1.82) is 0 Å². The first-order valence-corrected chi connectivity index (χ1v) is 10.2. The summed E-state index contributed by atoms with van der Waals surface area (Å²) in [5.74, 6) is 1.29. The van der Waals surface area contributed by atoms with Crippen molar-refractivity contribution in [2.75, 3.05) is 25.5 Å². The van der Waals surface area contributed by atoms with Gasteiger partial charge in [0, 0.05) is 43.2 Å². The molecule has 0 N–H and O–H groups in total. The van der Waals surface area contributed by atoms with Crippen LogP contribution in [0.4, 0.5) is 5.95 Å². The van der Waals surface area contributed by atoms with E-state index in [1.165, 1.54) is 0 Å². The zero-order valence-corrected chi connectivity index (χ0v) is 17.3. The minimum Gasteiger partial charge on any atom is -0.356 e. The quantitative estimate of drug-likeness (QED) is 0.666. The van der Waals surface area contributed by atoms with Crippen LogP contribution in [-0.4, -0.2) is 46.6 Å². The molecule has 4 heterocycles. The maximum atomic E-state index is 13.2. The number of carbonyl (C=O) groups excluding carboxylic acids is 1. The van der Waals surface area contributed by atoms with Gasteiger partial charge in [0.25, 0.3) is 5.91 Å². The van der Waals surface area contributed by atoms with Gasteiger partial charge in [-0.1, -0.05) is 5.16 Å². The van der Waals surface area contributed by atoms with Crippen molar-refractivity contribution in [1.82, 2.24) is 20.0 Å². The second-order valence-corrected chi connectivity index (χ2v) is 8.41. The molecule has 8 heteroatoms. The van der Waals surface area contributed by atoms with Gasteiger partial charge in [-0.2, -0.15) is 0 Å². The fraction of sp³-hybridized carbons (Fsp3) is 0.400. The number of thiophene rings is 1. The molecular formula is C20H23N5O2S. The van der Waals surface area contributed by atoms with Crippen LogP contribution in [-0.2, 0) is 0 Å². The van der Waals surface area contributed by atoms with E-state index in [2.05, 4.69) is 10.1 Å². The van der Waals surface area contributed by atoms with Crippen molar-refractivity contribution in [3.05, 3.63) is 45.5 Å². The van der Waals surface area contributed by atoms with Gasteiger partial charge in [-0.05, 0) is 32.8 Å². The van der Waals surface area contributed by atoms with Crippen molar-refractivity contribution < 1.29 is 9.32 Å². The summed E-state index contributed by atoms with van der Waals surface area (Å²) in [4.78, 5) is 27.3. The largest absolute Gasteiger partial charge is 0.356 e. The normalized spacial score (nSPS) is 16.6. The van der Waals surface area contributed by atoms with E-state index in [9.17, 15) is 4.79 Å². The second kappa shape index (κ2) is 7.35. The summed E-state index contributed by atoms with van der Waals surface area (Å²) in [7, 11) is 3.81. The van der Waals surface area contributed by atoms with Crippen molar-refractivity contribution in [3.63, 3.8) is 0 Å². The fourth-order valence-electron chi connectivity index (χ4n) is 3.55. The monoisotopic (exact) mass is 397 g/mol. The maximum absolute atomic E-state index is 13.2. The Kier molecular flexibility index (Phi) is 4.89. The lowest BCUT2D eigenvalue weighted by Gasteiger charge is -2.26. The number of anilines is 1.